The summed E-state index contributed by atoms with van der Waals surface area (Å²) in [7, 11) is 0. The lowest BCUT2D eigenvalue weighted by molar-refractivity contribution is 0.126. The summed E-state index contributed by atoms with van der Waals surface area (Å²) < 4.78 is 0. The van der Waals surface area contributed by atoms with Crippen LogP contribution < -0.4 is 0 Å². The molecule has 0 aliphatic heterocycles. The molecule has 1 heteroatoms. The lowest BCUT2D eigenvalue weighted by atomic mass is 9.99. The molecule has 1 fully saturated rings. The molecule has 0 aromatic carbocycles. The van der Waals surface area contributed by atoms with E-state index in [1.165, 1.54) is 32.1 Å². The fraction of sp³-hybridized carbons (Fsp3) is 1.00. The van der Waals surface area contributed by atoms with Gasteiger partial charge in [-0.3, -0.25) is 0 Å². The minimum Gasteiger partial charge on any atom is -0.393 e. The van der Waals surface area contributed by atoms with Crippen molar-refractivity contribution in [2.45, 2.75) is 51.6 Å². The van der Waals surface area contributed by atoms with Crippen LogP contribution in [-0.4, -0.2) is 11.2 Å². The van der Waals surface area contributed by atoms with Crippen LogP contribution in [-0.2, 0) is 0 Å². The summed E-state index contributed by atoms with van der Waals surface area (Å²) in [5.41, 5.74) is 0. The number of unbranched alkanes of at least 4 members (excludes halogenated alkanes) is 1. The first kappa shape index (κ1) is 8.06. The standard InChI is InChI=1S/C9H18O/c1-2-3-5-8-6-4-7-9(8)10/h8-10H,2-7H2,1H3/t8-,9+/m0/s1. The molecule has 0 radical (unpaired) electrons. The van der Waals surface area contributed by atoms with Gasteiger partial charge in [-0.15, -0.1) is 0 Å². The van der Waals surface area contributed by atoms with Gasteiger partial charge in [-0.1, -0.05) is 26.2 Å². The van der Waals surface area contributed by atoms with Crippen molar-refractivity contribution < 1.29 is 5.11 Å². The molecule has 1 rings (SSSR count). The van der Waals surface area contributed by atoms with Crippen molar-refractivity contribution in [3.63, 3.8) is 0 Å². The highest BCUT2D eigenvalue weighted by Gasteiger charge is 2.23. The van der Waals surface area contributed by atoms with Crippen molar-refractivity contribution in [3.05, 3.63) is 0 Å². The number of hydrogen-bond acceptors (Lipinski definition) is 1. The Morgan fingerprint density at radius 2 is 2.20 bits per heavy atom. The molecular weight excluding hydrogens is 124 g/mol. The monoisotopic (exact) mass is 142 g/mol. The molecule has 60 valence electrons. The average Bonchev–Trinajstić information content (AvgIpc) is 2.31. The molecule has 0 unspecified atom stereocenters. The first-order valence-corrected chi connectivity index (χ1v) is 4.52. The SMILES string of the molecule is CCCC[C@H]1CCC[C@H]1O. The van der Waals surface area contributed by atoms with Crippen LogP contribution in [0, 0.1) is 5.92 Å². The fourth-order valence-electron chi connectivity index (χ4n) is 1.82. The molecule has 1 aliphatic rings. The van der Waals surface area contributed by atoms with E-state index in [2.05, 4.69) is 6.92 Å². The molecule has 0 spiro atoms. The lowest BCUT2D eigenvalue weighted by Gasteiger charge is -2.12. The zero-order chi connectivity index (χ0) is 7.40. The van der Waals surface area contributed by atoms with Gasteiger partial charge in [0.1, 0.15) is 0 Å². The third kappa shape index (κ3) is 1.98. The molecule has 0 aromatic rings. The van der Waals surface area contributed by atoms with E-state index in [-0.39, 0.29) is 6.10 Å². The lowest BCUT2D eigenvalue weighted by Crippen LogP contribution is -2.12. The number of hydrogen-bond donors (Lipinski definition) is 1. The van der Waals surface area contributed by atoms with Gasteiger partial charge in [0.2, 0.25) is 0 Å². The molecule has 0 saturated heterocycles. The average molecular weight is 142 g/mol. The van der Waals surface area contributed by atoms with Crippen LogP contribution in [0.25, 0.3) is 0 Å². The molecule has 1 aliphatic carbocycles. The van der Waals surface area contributed by atoms with Crippen LogP contribution in [0.2, 0.25) is 0 Å². The largest absolute Gasteiger partial charge is 0.393 e. The zero-order valence-corrected chi connectivity index (χ0v) is 6.84. The van der Waals surface area contributed by atoms with Crippen molar-refractivity contribution in [1.29, 1.82) is 0 Å². The highest BCUT2D eigenvalue weighted by atomic mass is 16.3. The van der Waals surface area contributed by atoms with Crippen molar-refractivity contribution >= 4 is 0 Å². The highest BCUT2D eigenvalue weighted by Crippen LogP contribution is 2.29. The second kappa shape index (κ2) is 3.97. The molecule has 1 N–H and O–H groups in total. The Hall–Kier alpha value is -0.0400. The van der Waals surface area contributed by atoms with Gasteiger partial charge >= 0.3 is 0 Å². The van der Waals surface area contributed by atoms with E-state index >= 15 is 0 Å². The maximum absolute atomic E-state index is 9.42. The molecule has 10 heavy (non-hydrogen) atoms. The summed E-state index contributed by atoms with van der Waals surface area (Å²) in [4.78, 5) is 0. The maximum atomic E-state index is 9.42. The van der Waals surface area contributed by atoms with E-state index in [1.54, 1.807) is 0 Å². The van der Waals surface area contributed by atoms with Gasteiger partial charge in [0.15, 0.2) is 0 Å². The van der Waals surface area contributed by atoms with Crippen LogP contribution in [0.1, 0.15) is 45.4 Å². The second-order valence-corrected chi connectivity index (χ2v) is 3.40. The van der Waals surface area contributed by atoms with E-state index in [0.29, 0.717) is 5.92 Å². The highest BCUT2D eigenvalue weighted by molar-refractivity contribution is 4.75. The third-order valence-electron chi connectivity index (χ3n) is 2.55. The predicted octanol–water partition coefficient (Wildman–Crippen LogP) is 2.34. The van der Waals surface area contributed by atoms with Gasteiger partial charge in [-0.2, -0.15) is 0 Å². The first-order chi connectivity index (χ1) is 4.84. The second-order valence-electron chi connectivity index (χ2n) is 3.40. The molecule has 0 aromatic heterocycles. The Morgan fingerprint density at radius 1 is 1.40 bits per heavy atom. The van der Waals surface area contributed by atoms with E-state index in [4.69, 9.17) is 0 Å². The van der Waals surface area contributed by atoms with Crippen molar-refractivity contribution in [2.24, 2.45) is 5.92 Å². The van der Waals surface area contributed by atoms with Gasteiger partial charge < -0.3 is 5.11 Å². The summed E-state index contributed by atoms with van der Waals surface area (Å²) in [6.45, 7) is 2.21. The van der Waals surface area contributed by atoms with Gasteiger partial charge in [-0.05, 0) is 25.2 Å². The summed E-state index contributed by atoms with van der Waals surface area (Å²) in [5.74, 6) is 0.639. The number of aliphatic hydroxyl groups excluding tert-OH is 1. The molecule has 0 bridgehead atoms. The third-order valence-corrected chi connectivity index (χ3v) is 2.55. The number of rotatable bonds is 3. The van der Waals surface area contributed by atoms with E-state index in [9.17, 15) is 5.11 Å². The summed E-state index contributed by atoms with van der Waals surface area (Å²) >= 11 is 0. The smallest absolute Gasteiger partial charge is 0.0568 e. The Bertz CT molecular complexity index is 90.7. The van der Waals surface area contributed by atoms with Crippen LogP contribution in [0.15, 0.2) is 0 Å². The van der Waals surface area contributed by atoms with E-state index in [0.717, 1.165) is 6.42 Å². The van der Waals surface area contributed by atoms with Gasteiger partial charge in [0.25, 0.3) is 0 Å². The fourth-order valence-corrected chi connectivity index (χ4v) is 1.82. The molecule has 0 heterocycles. The molecule has 2 atom stereocenters. The van der Waals surface area contributed by atoms with Crippen molar-refractivity contribution in [3.8, 4) is 0 Å². The maximum Gasteiger partial charge on any atom is 0.0568 e. The van der Waals surface area contributed by atoms with Crippen LogP contribution in [0.4, 0.5) is 0 Å². The Morgan fingerprint density at radius 3 is 2.70 bits per heavy atom. The molecule has 1 saturated carbocycles. The first-order valence-electron chi connectivity index (χ1n) is 4.52. The van der Waals surface area contributed by atoms with Gasteiger partial charge in [0, 0.05) is 0 Å². The predicted molar refractivity (Wildman–Crippen MR) is 42.9 cm³/mol. The van der Waals surface area contributed by atoms with Crippen molar-refractivity contribution in [1.82, 2.24) is 0 Å². The topological polar surface area (TPSA) is 20.2 Å². The summed E-state index contributed by atoms with van der Waals surface area (Å²) in [5, 5.41) is 9.42. The molecule has 1 nitrogen and oxygen atoms in total. The Labute approximate surface area is 63.4 Å². The van der Waals surface area contributed by atoms with Crippen LogP contribution in [0.5, 0.6) is 0 Å². The molecule has 0 amide bonds. The van der Waals surface area contributed by atoms with E-state index < -0.39 is 0 Å². The minimum atomic E-state index is 0.0338. The minimum absolute atomic E-state index is 0.0338. The number of aliphatic hydroxyl groups is 1. The molecular formula is C9H18O. The Balaban J connectivity index is 2.14. The summed E-state index contributed by atoms with van der Waals surface area (Å²) in [6.07, 6.45) is 7.40. The van der Waals surface area contributed by atoms with Crippen LogP contribution in [0.3, 0.4) is 0 Å². The van der Waals surface area contributed by atoms with Gasteiger partial charge in [-0.25, -0.2) is 0 Å². The van der Waals surface area contributed by atoms with Crippen LogP contribution >= 0.6 is 0 Å². The van der Waals surface area contributed by atoms with Crippen molar-refractivity contribution in [2.75, 3.05) is 0 Å². The Kier molecular flexibility index (Phi) is 3.20. The zero-order valence-electron chi connectivity index (χ0n) is 6.84. The quantitative estimate of drug-likeness (QED) is 0.641. The van der Waals surface area contributed by atoms with Gasteiger partial charge in [0.05, 0.1) is 6.10 Å². The van der Waals surface area contributed by atoms with E-state index in [1.807, 2.05) is 0 Å². The summed E-state index contributed by atoms with van der Waals surface area (Å²) in [6, 6.07) is 0. The normalized spacial score (nSPS) is 33.0.